The van der Waals surface area contributed by atoms with E-state index < -0.39 is 17.1 Å². The predicted molar refractivity (Wildman–Crippen MR) is 155 cm³/mol. The van der Waals surface area contributed by atoms with Gasteiger partial charge in [-0.05, 0) is 121 Å². The summed E-state index contributed by atoms with van der Waals surface area (Å²) < 4.78 is 5.82. The zero-order valence-electron chi connectivity index (χ0n) is 24.8. The summed E-state index contributed by atoms with van der Waals surface area (Å²) in [5.74, 6) is 0.621. The standard InChI is InChI=1S/C33H53NO4/c1-24-12-7-8-13-25(24)17-18-26-14-11-21-33(6)27(19-20-28(26)33)15-9-10-16-29(35)34-31(2,3)23-38-32(4,5)22-30(36)37/h17-18,27-28H,1,7-16,19-23H2,2-6H3,(H,34,35)(H,36,37)/b25-17-,26-18+. The zero-order chi connectivity index (χ0) is 28.0. The van der Waals surface area contributed by atoms with Crippen molar-refractivity contribution in [3.63, 3.8) is 0 Å². The molecule has 0 aromatic heterocycles. The summed E-state index contributed by atoms with van der Waals surface area (Å²) in [6.07, 6.45) is 19.9. The van der Waals surface area contributed by atoms with Gasteiger partial charge >= 0.3 is 5.97 Å². The van der Waals surface area contributed by atoms with Gasteiger partial charge in [0.2, 0.25) is 5.91 Å². The van der Waals surface area contributed by atoms with Crippen molar-refractivity contribution in [2.24, 2.45) is 17.3 Å². The minimum absolute atomic E-state index is 0.0466. The summed E-state index contributed by atoms with van der Waals surface area (Å²) in [5, 5.41) is 12.1. The maximum atomic E-state index is 12.6. The molecular weight excluding hydrogens is 474 g/mol. The van der Waals surface area contributed by atoms with E-state index in [2.05, 4.69) is 31.0 Å². The molecule has 0 aliphatic heterocycles. The number of fused-ring (bicyclic) bond motifs is 1. The minimum atomic E-state index is -0.886. The Morgan fingerprint density at radius 2 is 1.82 bits per heavy atom. The lowest BCUT2D eigenvalue weighted by molar-refractivity contribution is -0.145. The van der Waals surface area contributed by atoms with Crippen LogP contribution in [0.1, 0.15) is 125 Å². The largest absolute Gasteiger partial charge is 0.481 e. The second-order valence-electron chi connectivity index (χ2n) is 13.7. The van der Waals surface area contributed by atoms with Crippen molar-refractivity contribution in [1.82, 2.24) is 5.32 Å². The number of carboxylic acid groups (broad SMARTS) is 1. The number of carbonyl (C=O) groups is 2. The third-order valence-corrected chi connectivity index (χ3v) is 9.37. The molecule has 0 aromatic carbocycles. The summed E-state index contributed by atoms with van der Waals surface area (Å²) in [5.41, 5.74) is 3.58. The average Bonchev–Trinajstić information content (AvgIpc) is 3.16. The van der Waals surface area contributed by atoms with Crippen LogP contribution in [0.3, 0.4) is 0 Å². The lowest BCUT2D eigenvalue weighted by atomic mass is 9.62. The van der Waals surface area contributed by atoms with Crippen LogP contribution in [0.5, 0.6) is 0 Å². The molecule has 5 heteroatoms. The Balaban J connectivity index is 1.44. The zero-order valence-corrected chi connectivity index (χ0v) is 24.8. The van der Waals surface area contributed by atoms with Gasteiger partial charge in [0.25, 0.3) is 0 Å². The molecule has 3 aliphatic rings. The van der Waals surface area contributed by atoms with Crippen molar-refractivity contribution >= 4 is 11.9 Å². The van der Waals surface area contributed by atoms with Crippen molar-refractivity contribution in [1.29, 1.82) is 0 Å². The summed E-state index contributed by atoms with van der Waals surface area (Å²) in [6.45, 7) is 14.5. The number of nitrogens with one attached hydrogen (secondary N) is 1. The van der Waals surface area contributed by atoms with Crippen LogP contribution >= 0.6 is 0 Å². The average molecular weight is 528 g/mol. The molecule has 0 radical (unpaired) electrons. The molecule has 1 amide bonds. The number of carbonyl (C=O) groups excluding carboxylic acids is 1. The number of hydrogen-bond donors (Lipinski definition) is 2. The number of allylic oxidation sites excluding steroid dienone is 5. The Hall–Kier alpha value is -1.88. The second-order valence-corrected chi connectivity index (χ2v) is 13.7. The fourth-order valence-corrected chi connectivity index (χ4v) is 7.16. The van der Waals surface area contributed by atoms with E-state index in [9.17, 15) is 9.59 Å². The van der Waals surface area contributed by atoms with Crippen LogP contribution in [0.15, 0.2) is 35.5 Å². The van der Waals surface area contributed by atoms with Crippen molar-refractivity contribution in [2.75, 3.05) is 6.61 Å². The first-order chi connectivity index (χ1) is 17.8. The molecule has 3 saturated carbocycles. The molecule has 3 atom stereocenters. The van der Waals surface area contributed by atoms with Crippen LogP contribution in [0, 0.1) is 17.3 Å². The number of hydrogen-bond acceptors (Lipinski definition) is 3. The predicted octanol–water partition coefficient (Wildman–Crippen LogP) is 7.91. The summed E-state index contributed by atoms with van der Waals surface area (Å²) >= 11 is 0. The molecule has 0 saturated heterocycles. The van der Waals surface area contributed by atoms with Gasteiger partial charge in [-0.1, -0.05) is 43.2 Å². The normalized spacial score (nSPS) is 28.5. The van der Waals surface area contributed by atoms with E-state index in [1.807, 2.05) is 13.8 Å². The van der Waals surface area contributed by atoms with Gasteiger partial charge in [-0.15, -0.1) is 0 Å². The van der Waals surface area contributed by atoms with E-state index in [0.717, 1.165) is 25.2 Å². The van der Waals surface area contributed by atoms with Crippen molar-refractivity contribution < 1.29 is 19.4 Å². The Labute approximate surface area is 231 Å². The van der Waals surface area contributed by atoms with Gasteiger partial charge in [0, 0.05) is 6.42 Å². The fourth-order valence-electron chi connectivity index (χ4n) is 7.16. The molecular formula is C33H53NO4. The maximum Gasteiger partial charge on any atom is 0.306 e. The second kappa shape index (κ2) is 13.0. The molecule has 2 N–H and O–H groups in total. The van der Waals surface area contributed by atoms with Gasteiger partial charge in [0.15, 0.2) is 0 Å². The lowest BCUT2D eigenvalue weighted by Crippen LogP contribution is -2.48. The number of rotatable bonds is 12. The minimum Gasteiger partial charge on any atom is -0.481 e. The molecule has 0 bridgehead atoms. The van der Waals surface area contributed by atoms with E-state index >= 15 is 0 Å². The molecule has 3 fully saturated rings. The first-order valence-electron chi connectivity index (χ1n) is 15.1. The summed E-state index contributed by atoms with van der Waals surface area (Å²) in [7, 11) is 0. The molecule has 38 heavy (non-hydrogen) atoms. The van der Waals surface area contributed by atoms with Crippen molar-refractivity contribution in [3.05, 3.63) is 35.5 Å². The first-order valence-corrected chi connectivity index (χ1v) is 15.1. The third kappa shape index (κ3) is 8.56. The first kappa shape index (κ1) is 30.7. The number of ether oxygens (including phenoxy) is 1. The summed E-state index contributed by atoms with van der Waals surface area (Å²) in [6, 6.07) is 0. The summed E-state index contributed by atoms with van der Waals surface area (Å²) in [4.78, 5) is 23.7. The SMILES string of the molecule is C=C1CCCC/C1=C/C=C1\CCCC2(C)C(CCCCC(=O)NC(C)(C)COC(C)(C)CC(=O)O)CCC12. The molecule has 3 rings (SSSR count). The van der Waals surface area contributed by atoms with E-state index in [1.54, 1.807) is 19.4 Å². The van der Waals surface area contributed by atoms with E-state index in [4.69, 9.17) is 9.84 Å². The highest BCUT2D eigenvalue weighted by Crippen LogP contribution is 2.58. The van der Waals surface area contributed by atoms with Gasteiger partial charge in [0.1, 0.15) is 0 Å². The maximum absolute atomic E-state index is 12.6. The smallest absolute Gasteiger partial charge is 0.306 e. The van der Waals surface area contributed by atoms with Crippen LogP contribution in [0.4, 0.5) is 0 Å². The molecule has 3 aliphatic carbocycles. The molecule has 0 aromatic rings. The van der Waals surface area contributed by atoms with Crippen LogP contribution in [-0.2, 0) is 14.3 Å². The highest BCUT2D eigenvalue weighted by Gasteiger charge is 2.48. The Morgan fingerprint density at radius 3 is 2.53 bits per heavy atom. The Morgan fingerprint density at radius 1 is 1.08 bits per heavy atom. The third-order valence-electron chi connectivity index (χ3n) is 9.37. The molecule has 0 heterocycles. The van der Waals surface area contributed by atoms with E-state index in [-0.39, 0.29) is 18.9 Å². The van der Waals surface area contributed by atoms with E-state index in [0.29, 0.717) is 17.8 Å². The molecule has 3 unspecified atom stereocenters. The van der Waals surface area contributed by atoms with Crippen molar-refractivity contribution in [3.8, 4) is 0 Å². The topological polar surface area (TPSA) is 75.6 Å². The lowest BCUT2D eigenvalue weighted by Gasteiger charge is -2.42. The quantitative estimate of drug-likeness (QED) is 0.253. The van der Waals surface area contributed by atoms with Gasteiger partial charge in [0.05, 0.1) is 24.2 Å². The number of aliphatic carboxylic acids is 1. The number of unbranched alkanes of at least 4 members (excludes halogenated alkanes) is 1. The molecule has 0 spiro atoms. The van der Waals surface area contributed by atoms with Crippen molar-refractivity contribution in [2.45, 2.75) is 136 Å². The Bertz CT molecular complexity index is 927. The van der Waals surface area contributed by atoms with E-state index in [1.165, 1.54) is 68.9 Å². The fraction of sp³-hybridized carbons (Fsp3) is 0.758. The van der Waals surface area contributed by atoms with Crippen LogP contribution in [-0.4, -0.2) is 34.7 Å². The Kier molecular flexibility index (Phi) is 10.5. The number of amides is 1. The van der Waals surface area contributed by atoms with Gasteiger partial charge in [-0.25, -0.2) is 0 Å². The van der Waals surface area contributed by atoms with Crippen LogP contribution in [0.25, 0.3) is 0 Å². The van der Waals surface area contributed by atoms with Crippen LogP contribution < -0.4 is 5.32 Å². The number of carboxylic acids is 1. The molecule has 214 valence electrons. The van der Waals surface area contributed by atoms with Gasteiger partial charge < -0.3 is 15.2 Å². The highest BCUT2D eigenvalue weighted by molar-refractivity contribution is 5.76. The van der Waals surface area contributed by atoms with Gasteiger partial charge in [-0.2, -0.15) is 0 Å². The van der Waals surface area contributed by atoms with Gasteiger partial charge in [-0.3, -0.25) is 9.59 Å². The molecule has 5 nitrogen and oxygen atoms in total. The highest BCUT2D eigenvalue weighted by atomic mass is 16.5. The monoisotopic (exact) mass is 527 g/mol. The van der Waals surface area contributed by atoms with Crippen LogP contribution in [0.2, 0.25) is 0 Å².